The third-order valence-electron chi connectivity index (χ3n) is 3.25. The normalized spacial score (nSPS) is 20.3. The summed E-state index contributed by atoms with van der Waals surface area (Å²) in [5.74, 6) is 1.32. The van der Waals surface area contributed by atoms with E-state index in [2.05, 4.69) is 27.1 Å². The number of nitrogen functional groups attached to an aromatic ring is 1. The molecule has 1 aromatic carbocycles. The SMILES string of the molecule is C[C@H]1CN(c2nc3ccccc3nc2N)CCN1. The third kappa shape index (κ3) is 1.97. The van der Waals surface area contributed by atoms with Crippen molar-refractivity contribution in [1.82, 2.24) is 15.3 Å². The van der Waals surface area contributed by atoms with Crippen molar-refractivity contribution in [2.45, 2.75) is 13.0 Å². The monoisotopic (exact) mass is 243 g/mol. The Morgan fingerprint density at radius 3 is 2.72 bits per heavy atom. The van der Waals surface area contributed by atoms with E-state index >= 15 is 0 Å². The highest BCUT2D eigenvalue weighted by Crippen LogP contribution is 2.23. The maximum absolute atomic E-state index is 6.03. The maximum atomic E-state index is 6.03. The van der Waals surface area contributed by atoms with Crippen LogP contribution >= 0.6 is 0 Å². The van der Waals surface area contributed by atoms with Crippen molar-refractivity contribution in [3.05, 3.63) is 24.3 Å². The van der Waals surface area contributed by atoms with Crippen molar-refractivity contribution >= 4 is 22.7 Å². The van der Waals surface area contributed by atoms with E-state index in [-0.39, 0.29) is 0 Å². The molecule has 1 atom stereocenters. The van der Waals surface area contributed by atoms with Gasteiger partial charge in [0.25, 0.3) is 0 Å². The third-order valence-corrected chi connectivity index (χ3v) is 3.25. The quantitative estimate of drug-likeness (QED) is 0.782. The van der Waals surface area contributed by atoms with E-state index in [4.69, 9.17) is 5.73 Å². The number of para-hydroxylation sites is 2. The first kappa shape index (κ1) is 11.2. The topological polar surface area (TPSA) is 67.1 Å². The summed E-state index contributed by atoms with van der Waals surface area (Å²) < 4.78 is 0. The van der Waals surface area contributed by atoms with E-state index in [9.17, 15) is 0 Å². The Hall–Kier alpha value is -1.88. The van der Waals surface area contributed by atoms with Gasteiger partial charge in [0.15, 0.2) is 11.6 Å². The van der Waals surface area contributed by atoms with Crippen LogP contribution in [0.2, 0.25) is 0 Å². The molecule has 0 spiro atoms. The zero-order chi connectivity index (χ0) is 12.5. The number of anilines is 2. The molecule has 0 aliphatic carbocycles. The molecule has 2 heterocycles. The van der Waals surface area contributed by atoms with Crippen molar-refractivity contribution in [2.24, 2.45) is 0 Å². The molecule has 5 nitrogen and oxygen atoms in total. The van der Waals surface area contributed by atoms with Crippen molar-refractivity contribution in [1.29, 1.82) is 0 Å². The number of piperazine rings is 1. The van der Waals surface area contributed by atoms with Crippen LogP contribution in [0.3, 0.4) is 0 Å². The minimum absolute atomic E-state index is 0.450. The molecule has 0 radical (unpaired) electrons. The number of benzene rings is 1. The van der Waals surface area contributed by atoms with Gasteiger partial charge >= 0.3 is 0 Å². The average Bonchev–Trinajstić information content (AvgIpc) is 2.38. The summed E-state index contributed by atoms with van der Waals surface area (Å²) in [6, 6.07) is 8.27. The van der Waals surface area contributed by atoms with Crippen LogP contribution in [0.15, 0.2) is 24.3 Å². The Kier molecular flexibility index (Phi) is 2.76. The number of hydrogen-bond acceptors (Lipinski definition) is 5. The first-order chi connectivity index (χ1) is 8.74. The van der Waals surface area contributed by atoms with Crippen LogP contribution in [0.1, 0.15) is 6.92 Å². The number of rotatable bonds is 1. The Balaban J connectivity index is 2.02. The summed E-state index contributed by atoms with van der Waals surface area (Å²) in [5.41, 5.74) is 7.77. The van der Waals surface area contributed by atoms with Gasteiger partial charge in [0.1, 0.15) is 0 Å². The van der Waals surface area contributed by atoms with Gasteiger partial charge in [-0.1, -0.05) is 12.1 Å². The van der Waals surface area contributed by atoms with Gasteiger partial charge < -0.3 is 16.0 Å². The van der Waals surface area contributed by atoms with E-state index in [1.807, 2.05) is 24.3 Å². The second kappa shape index (κ2) is 4.42. The smallest absolute Gasteiger partial charge is 0.172 e. The van der Waals surface area contributed by atoms with E-state index < -0.39 is 0 Å². The van der Waals surface area contributed by atoms with Crippen LogP contribution in [-0.4, -0.2) is 35.6 Å². The summed E-state index contributed by atoms with van der Waals surface area (Å²) >= 11 is 0. The van der Waals surface area contributed by atoms with Crippen LogP contribution in [0.4, 0.5) is 11.6 Å². The molecule has 3 rings (SSSR count). The van der Waals surface area contributed by atoms with E-state index in [0.29, 0.717) is 11.9 Å². The minimum atomic E-state index is 0.450. The van der Waals surface area contributed by atoms with Crippen molar-refractivity contribution in [2.75, 3.05) is 30.3 Å². The van der Waals surface area contributed by atoms with Crippen LogP contribution in [0.5, 0.6) is 0 Å². The fourth-order valence-corrected chi connectivity index (χ4v) is 2.36. The lowest BCUT2D eigenvalue weighted by Gasteiger charge is -2.33. The lowest BCUT2D eigenvalue weighted by atomic mass is 10.2. The Labute approximate surface area is 106 Å². The molecule has 1 aliphatic rings. The molecule has 18 heavy (non-hydrogen) atoms. The van der Waals surface area contributed by atoms with Gasteiger partial charge in [0.2, 0.25) is 0 Å². The molecule has 5 heteroatoms. The highest BCUT2D eigenvalue weighted by Gasteiger charge is 2.19. The number of fused-ring (bicyclic) bond motifs is 1. The average molecular weight is 243 g/mol. The lowest BCUT2D eigenvalue weighted by molar-refractivity contribution is 0.483. The Bertz CT molecular complexity index is 568. The van der Waals surface area contributed by atoms with Crippen LogP contribution in [0.25, 0.3) is 11.0 Å². The zero-order valence-electron chi connectivity index (χ0n) is 10.4. The second-order valence-electron chi connectivity index (χ2n) is 4.72. The molecule has 0 saturated carbocycles. The molecule has 0 unspecified atom stereocenters. The molecule has 2 aromatic rings. The lowest BCUT2D eigenvalue weighted by Crippen LogP contribution is -2.49. The van der Waals surface area contributed by atoms with Crippen LogP contribution in [0, 0.1) is 0 Å². The molecule has 94 valence electrons. The molecule has 1 aromatic heterocycles. The molecule has 3 N–H and O–H groups in total. The molecule has 1 saturated heterocycles. The number of nitrogens with zero attached hydrogens (tertiary/aromatic N) is 3. The van der Waals surface area contributed by atoms with Gasteiger partial charge in [0.05, 0.1) is 11.0 Å². The summed E-state index contributed by atoms with van der Waals surface area (Å²) in [6.07, 6.45) is 0. The molecule has 1 fully saturated rings. The molecular formula is C13H17N5. The second-order valence-corrected chi connectivity index (χ2v) is 4.72. The summed E-state index contributed by atoms with van der Waals surface area (Å²) in [5, 5.41) is 3.41. The zero-order valence-corrected chi connectivity index (χ0v) is 10.4. The van der Waals surface area contributed by atoms with Gasteiger partial charge in [0, 0.05) is 25.7 Å². The van der Waals surface area contributed by atoms with Crippen LogP contribution in [-0.2, 0) is 0 Å². The summed E-state index contributed by atoms with van der Waals surface area (Å²) in [7, 11) is 0. The standard InChI is InChI=1S/C13H17N5/c1-9-8-18(7-6-15-9)13-12(14)16-10-4-2-3-5-11(10)17-13/h2-5,9,15H,6-8H2,1H3,(H2,14,16)/t9-/m0/s1. The van der Waals surface area contributed by atoms with Crippen molar-refractivity contribution in [3.8, 4) is 0 Å². The van der Waals surface area contributed by atoms with E-state index in [1.54, 1.807) is 0 Å². The summed E-state index contributed by atoms with van der Waals surface area (Å²) in [4.78, 5) is 11.3. The molecular weight excluding hydrogens is 226 g/mol. The fourth-order valence-electron chi connectivity index (χ4n) is 2.36. The molecule has 1 aliphatic heterocycles. The van der Waals surface area contributed by atoms with Gasteiger partial charge in [-0.3, -0.25) is 0 Å². The van der Waals surface area contributed by atoms with Gasteiger partial charge in [-0.15, -0.1) is 0 Å². The first-order valence-corrected chi connectivity index (χ1v) is 6.24. The van der Waals surface area contributed by atoms with Crippen molar-refractivity contribution in [3.63, 3.8) is 0 Å². The number of nitrogens with two attached hydrogens (primary N) is 1. The predicted molar refractivity (Wildman–Crippen MR) is 73.6 cm³/mol. The molecule has 0 bridgehead atoms. The number of nitrogens with one attached hydrogen (secondary N) is 1. The van der Waals surface area contributed by atoms with E-state index in [1.165, 1.54) is 0 Å². The minimum Gasteiger partial charge on any atom is -0.381 e. The largest absolute Gasteiger partial charge is 0.381 e. The van der Waals surface area contributed by atoms with Gasteiger partial charge in [-0.25, -0.2) is 9.97 Å². The summed E-state index contributed by atoms with van der Waals surface area (Å²) in [6.45, 7) is 4.95. The number of aromatic nitrogens is 2. The van der Waals surface area contributed by atoms with Gasteiger partial charge in [-0.2, -0.15) is 0 Å². The highest BCUT2D eigenvalue weighted by atomic mass is 15.3. The van der Waals surface area contributed by atoms with Gasteiger partial charge in [-0.05, 0) is 19.1 Å². The Morgan fingerprint density at radius 2 is 2.00 bits per heavy atom. The highest BCUT2D eigenvalue weighted by molar-refractivity contribution is 5.79. The van der Waals surface area contributed by atoms with E-state index in [0.717, 1.165) is 36.5 Å². The van der Waals surface area contributed by atoms with Crippen molar-refractivity contribution < 1.29 is 0 Å². The van der Waals surface area contributed by atoms with Crippen LogP contribution < -0.4 is 16.0 Å². The number of hydrogen-bond donors (Lipinski definition) is 2. The first-order valence-electron chi connectivity index (χ1n) is 6.24. The fraction of sp³-hybridized carbons (Fsp3) is 0.385. The predicted octanol–water partition coefficient (Wildman–Crippen LogP) is 1.01. The maximum Gasteiger partial charge on any atom is 0.172 e. The molecule has 0 amide bonds. The Morgan fingerprint density at radius 1 is 1.28 bits per heavy atom.